The Balaban J connectivity index is 2.76. The third kappa shape index (κ3) is 6.32. The first-order valence-corrected chi connectivity index (χ1v) is 7.94. The van der Waals surface area contributed by atoms with Gasteiger partial charge in [-0.05, 0) is 20.8 Å². The maximum absolute atomic E-state index is 11.0. The summed E-state index contributed by atoms with van der Waals surface area (Å²) in [5.41, 5.74) is 0. The van der Waals surface area contributed by atoms with E-state index in [9.17, 15) is 4.21 Å². The fraction of sp³-hybridized carbons (Fsp3) is 0.727. The molecule has 7 nitrogen and oxygen atoms in total. The minimum Gasteiger partial charge on any atom is -0.461 e. The Hall–Kier alpha value is -1.44. The summed E-state index contributed by atoms with van der Waals surface area (Å²) >= 11 is 0. The Bertz CT molecular complexity index is 428. The van der Waals surface area contributed by atoms with E-state index in [1.807, 2.05) is 20.8 Å². The number of rotatable bonds is 8. The summed E-state index contributed by atoms with van der Waals surface area (Å²) in [6.45, 7) is 7.03. The highest BCUT2D eigenvalue weighted by atomic mass is 32.2. The van der Waals surface area contributed by atoms with Crippen molar-refractivity contribution in [1.82, 2.24) is 15.0 Å². The summed E-state index contributed by atoms with van der Waals surface area (Å²) in [5.74, 6) is 1.43. The lowest BCUT2D eigenvalue weighted by Crippen LogP contribution is -2.16. The maximum atomic E-state index is 11.0. The summed E-state index contributed by atoms with van der Waals surface area (Å²) in [7, 11) is -0.843. The summed E-state index contributed by atoms with van der Waals surface area (Å²) in [4.78, 5) is 12.5. The Morgan fingerprint density at radius 3 is 2.37 bits per heavy atom. The van der Waals surface area contributed by atoms with Crippen LogP contribution in [0.2, 0.25) is 0 Å². The number of aromatic nitrogens is 3. The standard InChI is InChI=1S/C11H21N5O2S/c1-5-12-9-14-10(13-6-7-19(4)17)16-11(15-9)18-8(2)3/h8H,5-7H2,1-4H3,(H2,12,13,14,15,16). The van der Waals surface area contributed by atoms with Crippen LogP contribution in [0.4, 0.5) is 11.9 Å². The van der Waals surface area contributed by atoms with E-state index < -0.39 is 10.8 Å². The average molecular weight is 287 g/mol. The molecule has 1 rings (SSSR count). The van der Waals surface area contributed by atoms with Crippen LogP contribution < -0.4 is 15.4 Å². The summed E-state index contributed by atoms with van der Waals surface area (Å²) in [6.07, 6.45) is 1.65. The van der Waals surface area contributed by atoms with E-state index in [-0.39, 0.29) is 12.1 Å². The molecule has 1 unspecified atom stereocenters. The molecule has 108 valence electrons. The third-order valence-corrected chi connectivity index (χ3v) is 2.74. The Kier molecular flexibility index (Phi) is 6.48. The zero-order chi connectivity index (χ0) is 14.3. The van der Waals surface area contributed by atoms with Gasteiger partial charge in [-0.15, -0.1) is 0 Å². The highest BCUT2D eigenvalue weighted by molar-refractivity contribution is 7.84. The topological polar surface area (TPSA) is 89.0 Å². The SMILES string of the molecule is CCNc1nc(NCCS(C)=O)nc(OC(C)C)n1. The Labute approximate surface area is 116 Å². The number of anilines is 2. The number of nitrogens with one attached hydrogen (secondary N) is 2. The second-order valence-electron chi connectivity index (χ2n) is 4.17. The Morgan fingerprint density at radius 2 is 1.84 bits per heavy atom. The van der Waals surface area contributed by atoms with Crippen LogP contribution in [0.1, 0.15) is 20.8 Å². The van der Waals surface area contributed by atoms with Crippen LogP contribution in [0, 0.1) is 0 Å². The van der Waals surface area contributed by atoms with Crippen LogP contribution in [-0.2, 0) is 10.8 Å². The molecule has 0 fully saturated rings. The van der Waals surface area contributed by atoms with Crippen molar-refractivity contribution in [3.63, 3.8) is 0 Å². The smallest absolute Gasteiger partial charge is 0.323 e. The van der Waals surface area contributed by atoms with Gasteiger partial charge in [0, 0.05) is 35.9 Å². The normalized spacial score (nSPS) is 12.3. The third-order valence-electron chi connectivity index (χ3n) is 1.96. The molecule has 1 heterocycles. The first-order valence-electron chi connectivity index (χ1n) is 6.21. The van der Waals surface area contributed by atoms with Gasteiger partial charge in [-0.25, -0.2) is 0 Å². The van der Waals surface area contributed by atoms with Crippen LogP contribution in [-0.4, -0.2) is 50.4 Å². The van der Waals surface area contributed by atoms with Gasteiger partial charge in [0.05, 0.1) is 6.10 Å². The van der Waals surface area contributed by atoms with Crippen molar-refractivity contribution in [3.05, 3.63) is 0 Å². The van der Waals surface area contributed by atoms with Crippen LogP contribution in [0.3, 0.4) is 0 Å². The molecule has 0 aliphatic rings. The van der Waals surface area contributed by atoms with Crippen molar-refractivity contribution in [1.29, 1.82) is 0 Å². The van der Waals surface area contributed by atoms with Crippen molar-refractivity contribution >= 4 is 22.7 Å². The predicted octanol–water partition coefficient (Wildman–Crippen LogP) is 0.881. The van der Waals surface area contributed by atoms with Crippen molar-refractivity contribution in [2.75, 3.05) is 35.7 Å². The minimum atomic E-state index is -0.843. The van der Waals surface area contributed by atoms with E-state index in [1.165, 1.54) is 0 Å². The van der Waals surface area contributed by atoms with E-state index >= 15 is 0 Å². The van der Waals surface area contributed by atoms with E-state index in [0.29, 0.717) is 30.7 Å². The summed E-state index contributed by atoms with van der Waals surface area (Å²) in [6, 6.07) is 0.279. The molecular weight excluding hydrogens is 266 g/mol. The molecule has 1 aromatic rings. The lowest BCUT2D eigenvalue weighted by Gasteiger charge is -2.11. The largest absolute Gasteiger partial charge is 0.461 e. The van der Waals surface area contributed by atoms with Gasteiger partial charge in [0.25, 0.3) is 0 Å². The first-order chi connectivity index (χ1) is 9.01. The zero-order valence-corrected chi connectivity index (χ0v) is 12.6. The van der Waals surface area contributed by atoms with Crippen LogP contribution in [0.25, 0.3) is 0 Å². The van der Waals surface area contributed by atoms with Gasteiger partial charge < -0.3 is 15.4 Å². The Morgan fingerprint density at radius 1 is 1.21 bits per heavy atom. The van der Waals surface area contributed by atoms with Crippen LogP contribution in [0.15, 0.2) is 0 Å². The number of ether oxygens (including phenoxy) is 1. The van der Waals surface area contributed by atoms with Gasteiger partial charge in [0.15, 0.2) is 0 Å². The van der Waals surface area contributed by atoms with Gasteiger partial charge in [-0.2, -0.15) is 15.0 Å². The molecule has 0 saturated carbocycles. The molecule has 1 atom stereocenters. The second-order valence-corrected chi connectivity index (χ2v) is 5.72. The molecule has 0 spiro atoms. The zero-order valence-electron chi connectivity index (χ0n) is 11.8. The number of nitrogens with zero attached hydrogens (tertiary/aromatic N) is 3. The average Bonchev–Trinajstić information content (AvgIpc) is 2.27. The van der Waals surface area contributed by atoms with Crippen molar-refractivity contribution in [3.8, 4) is 6.01 Å². The molecule has 0 bridgehead atoms. The molecular formula is C11H21N5O2S. The first kappa shape index (κ1) is 15.6. The molecule has 0 aliphatic heterocycles. The van der Waals surface area contributed by atoms with Gasteiger partial charge >= 0.3 is 6.01 Å². The predicted molar refractivity (Wildman–Crippen MR) is 77.2 cm³/mol. The number of hydrogen-bond donors (Lipinski definition) is 2. The second kappa shape index (κ2) is 7.88. The number of hydrogen-bond acceptors (Lipinski definition) is 7. The minimum absolute atomic E-state index is 0.00660. The summed E-state index contributed by atoms with van der Waals surface area (Å²) in [5, 5.41) is 6.03. The van der Waals surface area contributed by atoms with Crippen LogP contribution in [0.5, 0.6) is 6.01 Å². The van der Waals surface area contributed by atoms with Crippen molar-refractivity contribution in [2.45, 2.75) is 26.9 Å². The highest BCUT2D eigenvalue weighted by Crippen LogP contribution is 2.12. The maximum Gasteiger partial charge on any atom is 0.323 e. The van der Waals surface area contributed by atoms with Gasteiger partial charge in [0.2, 0.25) is 11.9 Å². The molecule has 19 heavy (non-hydrogen) atoms. The summed E-state index contributed by atoms with van der Waals surface area (Å²) < 4.78 is 16.5. The molecule has 8 heteroatoms. The molecule has 2 N–H and O–H groups in total. The monoisotopic (exact) mass is 287 g/mol. The molecule has 0 aliphatic carbocycles. The van der Waals surface area contributed by atoms with Gasteiger partial charge in [-0.1, -0.05) is 0 Å². The molecule has 0 aromatic carbocycles. The lowest BCUT2D eigenvalue weighted by molar-refractivity contribution is 0.222. The fourth-order valence-electron chi connectivity index (χ4n) is 1.24. The molecule has 0 amide bonds. The molecule has 0 saturated heterocycles. The quantitative estimate of drug-likeness (QED) is 0.733. The van der Waals surface area contributed by atoms with Crippen molar-refractivity contribution in [2.24, 2.45) is 0 Å². The van der Waals surface area contributed by atoms with E-state index in [2.05, 4.69) is 25.6 Å². The lowest BCUT2D eigenvalue weighted by atomic mass is 10.5. The van der Waals surface area contributed by atoms with E-state index in [0.717, 1.165) is 0 Å². The van der Waals surface area contributed by atoms with Gasteiger partial charge in [-0.3, -0.25) is 4.21 Å². The molecule has 0 radical (unpaired) electrons. The van der Waals surface area contributed by atoms with E-state index in [4.69, 9.17) is 4.74 Å². The van der Waals surface area contributed by atoms with Crippen molar-refractivity contribution < 1.29 is 8.95 Å². The van der Waals surface area contributed by atoms with Crippen LogP contribution >= 0.6 is 0 Å². The molecule has 1 aromatic heterocycles. The fourth-order valence-corrected chi connectivity index (χ4v) is 1.63. The van der Waals surface area contributed by atoms with Gasteiger partial charge in [0.1, 0.15) is 0 Å². The highest BCUT2D eigenvalue weighted by Gasteiger charge is 2.08. The van der Waals surface area contributed by atoms with E-state index in [1.54, 1.807) is 6.26 Å².